The SMILES string of the molecule is CCNC(C)CCNCCOCC1CC1. The molecule has 15 heavy (non-hydrogen) atoms. The van der Waals surface area contributed by atoms with Gasteiger partial charge in [-0.05, 0) is 45.2 Å². The Labute approximate surface area is 94.0 Å². The summed E-state index contributed by atoms with van der Waals surface area (Å²) < 4.78 is 5.53. The molecule has 1 aliphatic carbocycles. The molecule has 3 heteroatoms. The summed E-state index contributed by atoms with van der Waals surface area (Å²) in [6, 6.07) is 0.620. The van der Waals surface area contributed by atoms with E-state index in [1.54, 1.807) is 0 Å². The van der Waals surface area contributed by atoms with Gasteiger partial charge in [0.25, 0.3) is 0 Å². The second-order valence-electron chi connectivity index (χ2n) is 4.52. The highest BCUT2D eigenvalue weighted by atomic mass is 16.5. The van der Waals surface area contributed by atoms with Crippen LogP contribution in [0.15, 0.2) is 0 Å². The normalized spacial score (nSPS) is 18.0. The van der Waals surface area contributed by atoms with E-state index in [1.165, 1.54) is 19.3 Å². The maximum absolute atomic E-state index is 5.53. The first-order valence-corrected chi connectivity index (χ1v) is 6.34. The van der Waals surface area contributed by atoms with Crippen LogP contribution in [0.1, 0.15) is 33.1 Å². The lowest BCUT2D eigenvalue weighted by Crippen LogP contribution is -2.30. The molecule has 1 saturated carbocycles. The molecule has 0 heterocycles. The van der Waals surface area contributed by atoms with Crippen molar-refractivity contribution in [3.63, 3.8) is 0 Å². The molecule has 0 aromatic rings. The highest BCUT2D eigenvalue weighted by Gasteiger charge is 2.20. The third-order valence-electron chi connectivity index (χ3n) is 2.78. The summed E-state index contributed by atoms with van der Waals surface area (Å²) >= 11 is 0. The molecule has 3 nitrogen and oxygen atoms in total. The van der Waals surface area contributed by atoms with Crippen molar-refractivity contribution in [1.29, 1.82) is 0 Å². The Kier molecular flexibility index (Phi) is 6.98. The van der Waals surface area contributed by atoms with Gasteiger partial charge in [0.2, 0.25) is 0 Å². The van der Waals surface area contributed by atoms with Crippen LogP contribution in [0.3, 0.4) is 0 Å². The zero-order valence-electron chi connectivity index (χ0n) is 10.2. The molecule has 1 atom stereocenters. The van der Waals surface area contributed by atoms with E-state index in [-0.39, 0.29) is 0 Å². The molecule has 0 radical (unpaired) electrons. The number of hydrogen-bond acceptors (Lipinski definition) is 3. The number of hydrogen-bond donors (Lipinski definition) is 2. The summed E-state index contributed by atoms with van der Waals surface area (Å²) in [6.45, 7) is 9.37. The molecule has 1 aliphatic rings. The molecular weight excluding hydrogens is 188 g/mol. The van der Waals surface area contributed by atoms with Gasteiger partial charge in [0.15, 0.2) is 0 Å². The summed E-state index contributed by atoms with van der Waals surface area (Å²) in [6.07, 6.45) is 3.96. The van der Waals surface area contributed by atoms with Gasteiger partial charge in [-0.3, -0.25) is 0 Å². The lowest BCUT2D eigenvalue weighted by Gasteiger charge is -2.12. The first-order chi connectivity index (χ1) is 7.33. The fourth-order valence-electron chi connectivity index (χ4n) is 1.57. The summed E-state index contributed by atoms with van der Waals surface area (Å²) in [5, 5.41) is 6.80. The highest BCUT2D eigenvalue weighted by molar-refractivity contribution is 4.71. The van der Waals surface area contributed by atoms with E-state index in [2.05, 4.69) is 24.5 Å². The van der Waals surface area contributed by atoms with Gasteiger partial charge in [0.1, 0.15) is 0 Å². The first kappa shape index (κ1) is 12.9. The number of nitrogens with one attached hydrogen (secondary N) is 2. The summed E-state index contributed by atoms with van der Waals surface area (Å²) in [5.41, 5.74) is 0. The Morgan fingerprint density at radius 3 is 2.80 bits per heavy atom. The zero-order chi connectivity index (χ0) is 10.9. The molecule has 0 bridgehead atoms. The topological polar surface area (TPSA) is 33.3 Å². The molecule has 0 amide bonds. The van der Waals surface area contributed by atoms with Crippen molar-refractivity contribution in [2.75, 3.05) is 32.8 Å². The fraction of sp³-hybridized carbons (Fsp3) is 1.00. The quantitative estimate of drug-likeness (QED) is 0.539. The van der Waals surface area contributed by atoms with E-state index in [1.807, 2.05) is 0 Å². The van der Waals surface area contributed by atoms with Crippen LogP contribution in [-0.4, -0.2) is 38.9 Å². The van der Waals surface area contributed by atoms with Crippen LogP contribution in [0.5, 0.6) is 0 Å². The largest absolute Gasteiger partial charge is 0.380 e. The Morgan fingerprint density at radius 2 is 2.13 bits per heavy atom. The Bertz CT molecular complexity index is 149. The molecule has 0 aliphatic heterocycles. The fourth-order valence-corrected chi connectivity index (χ4v) is 1.57. The van der Waals surface area contributed by atoms with E-state index < -0.39 is 0 Å². The molecule has 0 saturated heterocycles. The van der Waals surface area contributed by atoms with Gasteiger partial charge < -0.3 is 15.4 Å². The van der Waals surface area contributed by atoms with Crippen LogP contribution in [0.4, 0.5) is 0 Å². The van der Waals surface area contributed by atoms with Crippen LogP contribution in [0.25, 0.3) is 0 Å². The van der Waals surface area contributed by atoms with Gasteiger partial charge in [0, 0.05) is 19.2 Å². The number of ether oxygens (including phenoxy) is 1. The van der Waals surface area contributed by atoms with Crippen LogP contribution in [-0.2, 0) is 4.74 Å². The maximum Gasteiger partial charge on any atom is 0.0591 e. The minimum absolute atomic E-state index is 0.620. The smallest absolute Gasteiger partial charge is 0.0591 e. The van der Waals surface area contributed by atoms with Crippen molar-refractivity contribution in [2.24, 2.45) is 5.92 Å². The zero-order valence-corrected chi connectivity index (χ0v) is 10.2. The van der Waals surface area contributed by atoms with Crippen molar-refractivity contribution >= 4 is 0 Å². The summed E-state index contributed by atoms with van der Waals surface area (Å²) in [4.78, 5) is 0. The minimum Gasteiger partial charge on any atom is -0.380 e. The Balaban J connectivity index is 1.72. The predicted octanol–water partition coefficient (Wildman–Crippen LogP) is 1.39. The van der Waals surface area contributed by atoms with Crippen LogP contribution < -0.4 is 10.6 Å². The Hall–Kier alpha value is -0.120. The van der Waals surface area contributed by atoms with E-state index in [4.69, 9.17) is 4.74 Å². The standard InChI is InChI=1S/C12H26N2O/c1-3-14-11(2)6-7-13-8-9-15-10-12-4-5-12/h11-14H,3-10H2,1-2H3. The second-order valence-corrected chi connectivity index (χ2v) is 4.52. The lowest BCUT2D eigenvalue weighted by atomic mass is 10.2. The van der Waals surface area contributed by atoms with Gasteiger partial charge >= 0.3 is 0 Å². The van der Waals surface area contributed by atoms with Crippen molar-refractivity contribution in [3.05, 3.63) is 0 Å². The average molecular weight is 214 g/mol. The van der Waals surface area contributed by atoms with Crippen LogP contribution >= 0.6 is 0 Å². The van der Waals surface area contributed by atoms with E-state index in [0.29, 0.717) is 6.04 Å². The molecule has 0 aromatic heterocycles. The van der Waals surface area contributed by atoms with E-state index in [9.17, 15) is 0 Å². The van der Waals surface area contributed by atoms with Gasteiger partial charge in [-0.2, -0.15) is 0 Å². The molecule has 0 aromatic carbocycles. The molecule has 90 valence electrons. The molecule has 1 fully saturated rings. The molecule has 2 N–H and O–H groups in total. The average Bonchev–Trinajstić information content (AvgIpc) is 3.00. The molecule has 0 spiro atoms. The third-order valence-corrected chi connectivity index (χ3v) is 2.78. The van der Waals surface area contributed by atoms with Gasteiger partial charge in [-0.1, -0.05) is 6.92 Å². The maximum atomic E-state index is 5.53. The van der Waals surface area contributed by atoms with Crippen molar-refractivity contribution in [1.82, 2.24) is 10.6 Å². The second kappa shape index (κ2) is 8.08. The van der Waals surface area contributed by atoms with Gasteiger partial charge in [-0.25, -0.2) is 0 Å². The van der Waals surface area contributed by atoms with Crippen molar-refractivity contribution in [3.8, 4) is 0 Å². The Morgan fingerprint density at radius 1 is 1.33 bits per heavy atom. The highest BCUT2D eigenvalue weighted by Crippen LogP contribution is 2.28. The first-order valence-electron chi connectivity index (χ1n) is 6.34. The van der Waals surface area contributed by atoms with Gasteiger partial charge in [0.05, 0.1) is 6.61 Å². The lowest BCUT2D eigenvalue weighted by molar-refractivity contribution is 0.126. The summed E-state index contributed by atoms with van der Waals surface area (Å²) in [7, 11) is 0. The molecule has 1 unspecified atom stereocenters. The van der Waals surface area contributed by atoms with Crippen molar-refractivity contribution < 1.29 is 4.74 Å². The summed E-state index contributed by atoms with van der Waals surface area (Å²) in [5.74, 6) is 0.888. The van der Waals surface area contributed by atoms with Crippen LogP contribution in [0.2, 0.25) is 0 Å². The van der Waals surface area contributed by atoms with Gasteiger partial charge in [-0.15, -0.1) is 0 Å². The molecule has 1 rings (SSSR count). The predicted molar refractivity (Wildman–Crippen MR) is 64.2 cm³/mol. The van der Waals surface area contributed by atoms with Crippen molar-refractivity contribution in [2.45, 2.75) is 39.2 Å². The van der Waals surface area contributed by atoms with E-state index >= 15 is 0 Å². The number of rotatable bonds is 10. The molecular formula is C12H26N2O. The monoisotopic (exact) mass is 214 g/mol. The van der Waals surface area contributed by atoms with E-state index in [0.717, 1.165) is 38.8 Å². The minimum atomic E-state index is 0.620. The third kappa shape index (κ3) is 7.77. The van der Waals surface area contributed by atoms with Crippen LogP contribution in [0, 0.1) is 5.92 Å².